The lowest BCUT2D eigenvalue weighted by Crippen LogP contribution is -2.13. The molecular formula is C20H14N4O4. The Morgan fingerprint density at radius 3 is 2.64 bits per heavy atom. The number of anilines is 1. The minimum absolute atomic E-state index is 0.108. The normalized spacial score (nSPS) is 10.8. The first-order chi connectivity index (χ1) is 13.5. The van der Waals surface area contributed by atoms with E-state index in [0.29, 0.717) is 28.0 Å². The van der Waals surface area contributed by atoms with Crippen molar-refractivity contribution in [1.29, 1.82) is 0 Å². The maximum absolute atomic E-state index is 13.0. The van der Waals surface area contributed by atoms with E-state index in [1.807, 2.05) is 30.3 Å². The Morgan fingerprint density at radius 2 is 1.89 bits per heavy atom. The molecule has 2 aromatic heterocycles. The lowest BCUT2D eigenvalue weighted by molar-refractivity contribution is -0.384. The van der Waals surface area contributed by atoms with E-state index in [1.165, 1.54) is 18.2 Å². The first kappa shape index (κ1) is 17.3. The minimum Gasteiger partial charge on any atom is -0.335 e. The largest absolute Gasteiger partial charge is 0.335 e. The number of benzene rings is 2. The monoisotopic (exact) mass is 374 g/mol. The number of hydrogen-bond donors (Lipinski definition) is 1. The molecule has 138 valence electrons. The van der Waals surface area contributed by atoms with Crippen molar-refractivity contribution in [2.45, 2.75) is 6.92 Å². The minimum atomic E-state index is -0.516. The van der Waals surface area contributed by atoms with Crippen LogP contribution < -0.4 is 5.32 Å². The van der Waals surface area contributed by atoms with Crippen molar-refractivity contribution in [2.75, 3.05) is 5.32 Å². The summed E-state index contributed by atoms with van der Waals surface area (Å²) in [7, 11) is 0. The van der Waals surface area contributed by atoms with Crippen LogP contribution in [0.25, 0.3) is 22.4 Å². The number of carbonyl (C=O) groups excluding carboxylic acids is 1. The van der Waals surface area contributed by atoms with Gasteiger partial charge >= 0.3 is 0 Å². The average molecular weight is 374 g/mol. The number of aromatic nitrogens is 2. The fraction of sp³-hybridized carbons (Fsp3) is 0.0500. The molecule has 0 saturated carbocycles. The van der Waals surface area contributed by atoms with Crippen LogP contribution in [0.3, 0.4) is 0 Å². The molecule has 28 heavy (non-hydrogen) atoms. The number of aryl methyl sites for hydroxylation is 1. The summed E-state index contributed by atoms with van der Waals surface area (Å²) in [4.78, 5) is 27.9. The molecule has 0 bridgehead atoms. The van der Waals surface area contributed by atoms with Crippen LogP contribution in [0.5, 0.6) is 0 Å². The van der Waals surface area contributed by atoms with Crippen LogP contribution in [0.15, 0.2) is 65.2 Å². The number of nitro groups is 1. The Hall–Kier alpha value is -4.07. The molecule has 0 spiro atoms. The second kappa shape index (κ2) is 6.92. The molecule has 1 amide bonds. The van der Waals surface area contributed by atoms with Gasteiger partial charge in [-0.15, -0.1) is 0 Å². The van der Waals surface area contributed by atoms with Crippen molar-refractivity contribution < 1.29 is 14.2 Å². The van der Waals surface area contributed by atoms with Crippen LogP contribution in [-0.2, 0) is 0 Å². The van der Waals surface area contributed by atoms with Gasteiger partial charge in [0.2, 0.25) is 0 Å². The summed E-state index contributed by atoms with van der Waals surface area (Å²) in [6.07, 6.45) is 0. The molecule has 0 aliphatic carbocycles. The molecule has 4 aromatic rings. The third-order valence-corrected chi connectivity index (χ3v) is 4.25. The van der Waals surface area contributed by atoms with E-state index in [1.54, 1.807) is 19.1 Å². The molecule has 2 aromatic carbocycles. The SMILES string of the molecule is Cc1noc2nc(-c3ccccc3)cc(C(=O)Nc3cccc([N+](=O)[O-])c3)c12. The van der Waals surface area contributed by atoms with Gasteiger partial charge in [-0.1, -0.05) is 41.6 Å². The zero-order valence-corrected chi connectivity index (χ0v) is 14.7. The van der Waals surface area contributed by atoms with Crippen molar-refractivity contribution in [3.63, 3.8) is 0 Å². The van der Waals surface area contributed by atoms with Gasteiger partial charge in [0.05, 0.1) is 27.3 Å². The molecule has 1 N–H and O–H groups in total. The molecule has 8 heteroatoms. The lowest BCUT2D eigenvalue weighted by atomic mass is 10.0. The number of hydrogen-bond acceptors (Lipinski definition) is 6. The zero-order chi connectivity index (χ0) is 19.7. The number of rotatable bonds is 4. The Kier molecular flexibility index (Phi) is 4.29. The van der Waals surface area contributed by atoms with Crippen LogP contribution in [0.1, 0.15) is 16.1 Å². The highest BCUT2D eigenvalue weighted by Crippen LogP contribution is 2.28. The Morgan fingerprint density at radius 1 is 1.11 bits per heavy atom. The van der Waals surface area contributed by atoms with E-state index in [9.17, 15) is 14.9 Å². The smallest absolute Gasteiger partial charge is 0.271 e. The average Bonchev–Trinajstić information content (AvgIpc) is 3.09. The number of fused-ring (bicyclic) bond motifs is 1. The molecule has 8 nitrogen and oxygen atoms in total. The number of amides is 1. The van der Waals surface area contributed by atoms with Gasteiger partial charge in [-0.25, -0.2) is 4.98 Å². The molecule has 0 atom stereocenters. The molecule has 4 rings (SSSR count). The zero-order valence-electron chi connectivity index (χ0n) is 14.7. The van der Waals surface area contributed by atoms with Crippen LogP contribution >= 0.6 is 0 Å². The third-order valence-electron chi connectivity index (χ3n) is 4.25. The van der Waals surface area contributed by atoms with Crippen molar-refractivity contribution in [1.82, 2.24) is 10.1 Å². The van der Waals surface area contributed by atoms with E-state index < -0.39 is 10.8 Å². The molecule has 0 saturated heterocycles. The molecular weight excluding hydrogens is 360 g/mol. The third kappa shape index (κ3) is 3.18. The number of nitro benzene ring substituents is 1. The van der Waals surface area contributed by atoms with Gasteiger partial charge in [0.25, 0.3) is 17.3 Å². The Bertz CT molecular complexity index is 1200. The summed E-state index contributed by atoms with van der Waals surface area (Å²) < 4.78 is 5.27. The number of non-ortho nitro benzene ring substituents is 1. The second-order valence-electron chi connectivity index (χ2n) is 6.13. The first-order valence-corrected chi connectivity index (χ1v) is 8.41. The number of carbonyl (C=O) groups is 1. The van der Waals surface area contributed by atoms with Crippen LogP contribution in [-0.4, -0.2) is 21.0 Å². The van der Waals surface area contributed by atoms with Crippen molar-refractivity contribution in [3.8, 4) is 11.3 Å². The summed E-state index contributed by atoms with van der Waals surface area (Å²) in [5, 5.41) is 18.1. The van der Waals surface area contributed by atoms with E-state index in [4.69, 9.17) is 4.52 Å². The van der Waals surface area contributed by atoms with E-state index in [-0.39, 0.29) is 11.4 Å². The van der Waals surface area contributed by atoms with Gasteiger partial charge in [0.15, 0.2) is 0 Å². The predicted molar refractivity (Wildman–Crippen MR) is 103 cm³/mol. The topological polar surface area (TPSA) is 111 Å². The molecule has 0 fully saturated rings. The summed E-state index contributed by atoms with van der Waals surface area (Å²) in [5.41, 5.74) is 2.71. The summed E-state index contributed by atoms with van der Waals surface area (Å²) in [6.45, 7) is 1.72. The maximum Gasteiger partial charge on any atom is 0.271 e. The Labute approximate surface area is 159 Å². The Balaban J connectivity index is 1.78. The fourth-order valence-corrected chi connectivity index (χ4v) is 2.93. The van der Waals surface area contributed by atoms with Gasteiger partial charge < -0.3 is 9.84 Å². The highest BCUT2D eigenvalue weighted by atomic mass is 16.6. The summed E-state index contributed by atoms with van der Waals surface area (Å²) >= 11 is 0. The van der Waals surface area contributed by atoms with E-state index >= 15 is 0 Å². The van der Waals surface area contributed by atoms with Crippen LogP contribution in [0, 0.1) is 17.0 Å². The van der Waals surface area contributed by atoms with Gasteiger partial charge in [0, 0.05) is 23.4 Å². The van der Waals surface area contributed by atoms with E-state index in [2.05, 4.69) is 15.5 Å². The van der Waals surface area contributed by atoms with Gasteiger partial charge in [0.1, 0.15) is 0 Å². The van der Waals surface area contributed by atoms with Gasteiger partial charge in [-0.3, -0.25) is 14.9 Å². The highest BCUT2D eigenvalue weighted by Gasteiger charge is 2.20. The summed E-state index contributed by atoms with van der Waals surface area (Å²) in [5.74, 6) is -0.434. The number of nitrogens with zero attached hydrogens (tertiary/aromatic N) is 3. The van der Waals surface area contributed by atoms with Gasteiger partial charge in [-0.05, 0) is 19.1 Å². The van der Waals surface area contributed by atoms with Crippen LogP contribution in [0.4, 0.5) is 11.4 Å². The van der Waals surface area contributed by atoms with E-state index in [0.717, 1.165) is 5.56 Å². The van der Waals surface area contributed by atoms with Gasteiger partial charge in [-0.2, -0.15) is 0 Å². The van der Waals surface area contributed by atoms with Crippen LogP contribution in [0.2, 0.25) is 0 Å². The lowest BCUT2D eigenvalue weighted by Gasteiger charge is -2.08. The highest BCUT2D eigenvalue weighted by molar-refractivity contribution is 6.13. The molecule has 0 unspecified atom stereocenters. The molecule has 2 heterocycles. The fourth-order valence-electron chi connectivity index (χ4n) is 2.93. The summed E-state index contributed by atoms with van der Waals surface area (Å²) in [6, 6.07) is 16.8. The number of nitrogens with one attached hydrogen (secondary N) is 1. The quantitative estimate of drug-likeness (QED) is 0.420. The molecule has 0 aliphatic heterocycles. The van der Waals surface area contributed by atoms with Crippen molar-refractivity contribution in [3.05, 3.63) is 82.0 Å². The van der Waals surface area contributed by atoms with Crippen molar-refractivity contribution >= 4 is 28.4 Å². The predicted octanol–water partition coefficient (Wildman–Crippen LogP) is 4.36. The maximum atomic E-state index is 13.0. The second-order valence-corrected chi connectivity index (χ2v) is 6.13. The number of pyridine rings is 1. The standard InChI is InChI=1S/C20H14N4O4/c1-12-18-16(19(25)21-14-8-5-9-15(10-14)24(26)27)11-17(22-20(18)28-23-12)13-6-3-2-4-7-13/h2-11H,1H3,(H,21,25). The first-order valence-electron chi connectivity index (χ1n) is 8.41. The molecule has 0 radical (unpaired) electrons. The van der Waals surface area contributed by atoms with Crippen molar-refractivity contribution in [2.24, 2.45) is 0 Å². The molecule has 0 aliphatic rings.